The zero-order valence-electron chi connectivity index (χ0n) is 11.5. The highest BCUT2D eigenvalue weighted by Gasteiger charge is 2.46. The largest absolute Gasteiger partial charge is 0.466 e. The van der Waals surface area contributed by atoms with E-state index in [1.54, 1.807) is 6.92 Å². The van der Waals surface area contributed by atoms with Gasteiger partial charge < -0.3 is 4.74 Å². The number of Topliss-reactive ketones (excluding diaryl/α,β-unsaturated/α-hetero) is 1. The number of hydrogen-bond acceptors (Lipinski definition) is 3. The van der Waals surface area contributed by atoms with Crippen LogP contribution in [-0.4, -0.2) is 18.4 Å². The molecule has 2 aliphatic carbocycles. The maximum atomic E-state index is 11.8. The van der Waals surface area contributed by atoms with Gasteiger partial charge in [-0.15, -0.1) is 0 Å². The zero-order chi connectivity index (χ0) is 13.1. The summed E-state index contributed by atoms with van der Waals surface area (Å²) in [7, 11) is 0. The standard InChI is InChI=1S/C15H24O3/c1-3-18-15(17)9-14-12-7-5-4-6-11(12)8-13(14)10(2)16/h11-14H,3-9H2,1-2H3/t11-,12+,13-,14+/m1/s1. The summed E-state index contributed by atoms with van der Waals surface area (Å²) < 4.78 is 5.06. The average molecular weight is 252 g/mol. The van der Waals surface area contributed by atoms with Crippen LogP contribution < -0.4 is 0 Å². The first-order valence-electron chi connectivity index (χ1n) is 7.29. The van der Waals surface area contributed by atoms with Crippen molar-refractivity contribution in [3.63, 3.8) is 0 Å². The van der Waals surface area contributed by atoms with Gasteiger partial charge in [-0.1, -0.05) is 19.3 Å². The Labute approximate surface area is 109 Å². The molecule has 18 heavy (non-hydrogen) atoms. The van der Waals surface area contributed by atoms with Gasteiger partial charge in [0.15, 0.2) is 0 Å². The molecule has 0 aliphatic heterocycles. The van der Waals surface area contributed by atoms with Crippen LogP contribution in [0, 0.1) is 23.7 Å². The molecule has 0 bridgehead atoms. The lowest BCUT2D eigenvalue weighted by molar-refractivity contribution is -0.145. The maximum Gasteiger partial charge on any atom is 0.306 e. The van der Waals surface area contributed by atoms with E-state index >= 15 is 0 Å². The fourth-order valence-electron chi connectivity index (χ4n) is 4.07. The molecule has 2 aliphatic rings. The van der Waals surface area contributed by atoms with Crippen LogP contribution in [-0.2, 0) is 14.3 Å². The van der Waals surface area contributed by atoms with Crippen LogP contribution in [0.3, 0.4) is 0 Å². The third kappa shape index (κ3) is 2.76. The van der Waals surface area contributed by atoms with E-state index in [1.807, 2.05) is 6.92 Å². The molecule has 0 aromatic rings. The van der Waals surface area contributed by atoms with Gasteiger partial charge in [0.2, 0.25) is 0 Å². The number of hydrogen-bond donors (Lipinski definition) is 0. The molecular weight excluding hydrogens is 228 g/mol. The summed E-state index contributed by atoms with van der Waals surface area (Å²) in [6.07, 6.45) is 6.43. The number of esters is 1. The first-order chi connectivity index (χ1) is 8.63. The molecule has 3 nitrogen and oxygen atoms in total. The number of fused-ring (bicyclic) bond motifs is 1. The smallest absolute Gasteiger partial charge is 0.306 e. The molecule has 0 aromatic carbocycles. The predicted molar refractivity (Wildman–Crippen MR) is 69.0 cm³/mol. The molecule has 0 aromatic heterocycles. The summed E-state index contributed by atoms with van der Waals surface area (Å²) in [5.41, 5.74) is 0. The van der Waals surface area contributed by atoms with Gasteiger partial charge in [0.05, 0.1) is 6.61 Å². The summed E-state index contributed by atoms with van der Waals surface area (Å²) >= 11 is 0. The summed E-state index contributed by atoms with van der Waals surface area (Å²) in [4.78, 5) is 23.5. The van der Waals surface area contributed by atoms with Crippen LogP contribution in [0.15, 0.2) is 0 Å². The van der Waals surface area contributed by atoms with Gasteiger partial charge >= 0.3 is 5.97 Å². The number of carbonyl (C=O) groups excluding carboxylic acids is 2. The van der Waals surface area contributed by atoms with Gasteiger partial charge in [-0.05, 0) is 44.4 Å². The topological polar surface area (TPSA) is 43.4 Å². The Hall–Kier alpha value is -0.860. The number of carbonyl (C=O) groups is 2. The Morgan fingerprint density at radius 2 is 1.94 bits per heavy atom. The average Bonchev–Trinajstić information content (AvgIpc) is 2.69. The van der Waals surface area contributed by atoms with Crippen molar-refractivity contribution in [2.75, 3.05) is 6.61 Å². The number of ketones is 1. The Balaban J connectivity index is 2.06. The van der Waals surface area contributed by atoms with Crippen LogP contribution in [0.1, 0.15) is 52.4 Å². The fraction of sp³-hybridized carbons (Fsp3) is 0.867. The van der Waals surface area contributed by atoms with Crippen LogP contribution in [0.5, 0.6) is 0 Å². The maximum absolute atomic E-state index is 11.8. The van der Waals surface area contributed by atoms with E-state index in [4.69, 9.17) is 4.74 Å². The highest BCUT2D eigenvalue weighted by molar-refractivity contribution is 5.80. The monoisotopic (exact) mass is 252 g/mol. The third-order valence-corrected chi connectivity index (χ3v) is 4.82. The summed E-state index contributed by atoms with van der Waals surface area (Å²) in [6.45, 7) is 3.95. The summed E-state index contributed by atoms with van der Waals surface area (Å²) in [6, 6.07) is 0. The molecule has 0 heterocycles. The minimum absolute atomic E-state index is 0.0995. The van der Waals surface area contributed by atoms with Gasteiger partial charge in [0.25, 0.3) is 0 Å². The second-order valence-corrected chi connectivity index (χ2v) is 5.83. The van der Waals surface area contributed by atoms with Crippen molar-refractivity contribution in [3.05, 3.63) is 0 Å². The Kier molecular flexibility index (Phi) is 4.41. The van der Waals surface area contributed by atoms with E-state index in [9.17, 15) is 9.59 Å². The second kappa shape index (κ2) is 5.85. The van der Waals surface area contributed by atoms with Gasteiger partial charge in [0.1, 0.15) is 5.78 Å². The van der Waals surface area contributed by atoms with E-state index in [1.165, 1.54) is 25.7 Å². The van der Waals surface area contributed by atoms with Crippen LogP contribution in [0.4, 0.5) is 0 Å². The minimum atomic E-state index is -0.125. The van der Waals surface area contributed by atoms with Crippen molar-refractivity contribution in [1.82, 2.24) is 0 Å². The molecule has 0 spiro atoms. The molecule has 0 unspecified atom stereocenters. The lowest BCUT2D eigenvalue weighted by Gasteiger charge is -2.29. The van der Waals surface area contributed by atoms with Gasteiger partial charge in [-0.25, -0.2) is 0 Å². The van der Waals surface area contributed by atoms with E-state index in [0.29, 0.717) is 24.9 Å². The second-order valence-electron chi connectivity index (χ2n) is 5.83. The molecule has 0 saturated heterocycles. The minimum Gasteiger partial charge on any atom is -0.466 e. The van der Waals surface area contributed by atoms with Crippen LogP contribution >= 0.6 is 0 Å². The lowest BCUT2D eigenvalue weighted by atomic mass is 9.76. The van der Waals surface area contributed by atoms with Crippen molar-refractivity contribution in [3.8, 4) is 0 Å². The summed E-state index contributed by atoms with van der Waals surface area (Å²) in [5.74, 6) is 1.73. The molecular formula is C15H24O3. The quantitative estimate of drug-likeness (QED) is 0.722. The molecule has 0 radical (unpaired) electrons. The van der Waals surface area contributed by atoms with Gasteiger partial charge in [-0.3, -0.25) is 9.59 Å². The highest BCUT2D eigenvalue weighted by Crippen LogP contribution is 2.50. The van der Waals surface area contributed by atoms with Crippen LogP contribution in [0.25, 0.3) is 0 Å². The molecule has 3 heteroatoms. The Morgan fingerprint density at radius 1 is 1.22 bits per heavy atom. The molecule has 2 saturated carbocycles. The SMILES string of the molecule is CCOC(=O)C[C@H]1[C@H]2CCCC[C@@H]2C[C@@H]1C(C)=O. The third-order valence-electron chi connectivity index (χ3n) is 4.82. The molecule has 0 N–H and O–H groups in total. The van der Waals surface area contributed by atoms with E-state index in [-0.39, 0.29) is 23.6 Å². The van der Waals surface area contributed by atoms with Crippen molar-refractivity contribution >= 4 is 11.8 Å². The number of rotatable bonds is 4. The molecule has 2 rings (SSSR count). The van der Waals surface area contributed by atoms with E-state index < -0.39 is 0 Å². The van der Waals surface area contributed by atoms with Gasteiger partial charge in [-0.2, -0.15) is 0 Å². The van der Waals surface area contributed by atoms with Crippen molar-refractivity contribution in [2.45, 2.75) is 52.4 Å². The Morgan fingerprint density at radius 3 is 2.61 bits per heavy atom. The number of ether oxygens (including phenoxy) is 1. The summed E-state index contributed by atoms with van der Waals surface area (Å²) in [5, 5.41) is 0. The van der Waals surface area contributed by atoms with Crippen molar-refractivity contribution in [1.29, 1.82) is 0 Å². The molecule has 0 amide bonds. The van der Waals surface area contributed by atoms with Crippen LogP contribution in [0.2, 0.25) is 0 Å². The van der Waals surface area contributed by atoms with Crippen molar-refractivity contribution in [2.24, 2.45) is 23.7 Å². The van der Waals surface area contributed by atoms with Gasteiger partial charge in [0, 0.05) is 12.3 Å². The molecule has 102 valence electrons. The predicted octanol–water partition coefficient (Wildman–Crippen LogP) is 2.97. The highest BCUT2D eigenvalue weighted by atomic mass is 16.5. The molecule has 4 atom stereocenters. The first-order valence-corrected chi connectivity index (χ1v) is 7.29. The first kappa shape index (κ1) is 13.6. The normalized spacial score (nSPS) is 35.0. The van der Waals surface area contributed by atoms with E-state index in [2.05, 4.69) is 0 Å². The zero-order valence-corrected chi connectivity index (χ0v) is 11.5. The Bertz CT molecular complexity index is 324. The lowest BCUT2D eigenvalue weighted by Crippen LogP contribution is -2.26. The van der Waals surface area contributed by atoms with E-state index in [0.717, 1.165) is 6.42 Å². The van der Waals surface area contributed by atoms with Crippen molar-refractivity contribution < 1.29 is 14.3 Å². The molecule has 2 fully saturated rings. The fourth-order valence-corrected chi connectivity index (χ4v) is 4.07.